The Morgan fingerprint density at radius 1 is 0.403 bits per heavy atom. The van der Waals surface area contributed by atoms with E-state index in [1.165, 1.54) is 22.3 Å². The van der Waals surface area contributed by atoms with Gasteiger partial charge in [-0.05, 0) is 108 Å². The fourth-order valence-electron chi connectivity index (χ4n) is 8.54. The van der Waals surface area contributed by atoms with Crippen molar-refractivity contribution in [1.29, 1.82) is 0 Å². The molecule has 6 aromatic carbocycles. The van der Waals surface area contributed by atoms with Gasteiger partial charge >= 0.3 is 11.9 Å². The highest BCUT2D eigenvalue weighted by Gasteiger charge is 2.21. The minimum Gasteiger partial charge on any atom is -0.487 e. The minimum absolute atomic E-state index is 0.174. The maximum atomic E-state index is 13.6. The van der Waals surface area contributed by atoms with Crippen molar-refractivity contribution in [2.75, 3.05) is 26.2 Å². The van der Waals surface area contributed by atoms with Gasteiger partial charge in [0.05, 0.1) is 11.4 Å². The van der Waals surface area contributed by atoms with Gasteiger partial charge in [-0.3, -0.25) is 9.97 Å². The first kappa shape index (κ1) is 50.2. The molecule has 0 saturated heterocycles. The molecule has 10 nitrogen and oxygen atoms in total. The molecule has 0 aliphatic rings. The number of nitrogens with zero attached hydrogens (tertiary/aromatic N) is 2. The lowest BCUT2D eigenvalue weighted by atomic mass is 9.88. The van der Waals surface area contributed by atoms with Gasteiger partial charge in [0, 0.05) is 49.5 Å². The normalized spacial score (nSPS) is 12.1. The van der Waals surface area contributed by atoms with Crippen molar-refractivity contribution in [2.45, 2.75) is 50.1 Å². The van der Waals surface area contributed by atoms with Crippen LogP contribution in [0.3, 0.4) is 0 Å². The molecule has 2 heterocycles. The van der Waals surface area contributed by atoms with E-state index in [0.717, 1.165) is 47.5 Å². The number of ether oxygens (including phenoxy) is 4. The topological polar surface area (TPSA) is 121 Å². The molecule has 8 aromatic rings. The van der Waals surface area contributed by atoms with Gasteiger partial charge < -0.3 is 29.6 Å². The van der Waals surface area contributed by atoms with E-state index in [1.807, 2.05) is 109 Å². The van der Waals surface area contributed by atoms with Crippen LogP contribution in [0.4, 0.5) is 0 Å². The first-order valence-electron chi connectivity index (χ1n) is 24.5. The van der Waals surface area contributed by atoms with Crippen LogP contribution >= 0.6 is 0 Å². The van der Waals surface area contributed by atoms with Crippen LogP contribution < -0.4 is 20.1 Å². The molecule has 0 aliphatic carbocycles. The zero-order chi connectivity index (χ0) is 49.4. The first-order valence-corrected chi connectivity index (χ1v) is 24.5. The van der Waals surface area contributed by atoms with Crippen molar-refractivity contribution >= 4 is 11.9 Å². The number of carbonyl (C=O) groups excluding carboxylic acids is 2. The SMILES string of the molecule is O=C(/C=C\C(=O)OC(CNCCC(c1ccccc1)c1ccccc1)c1ccc(OCc2ccccn2)cc1)OC(CNCCC(c1ccccc1)c1ccccc1)c1ccc(OCc2ccccn2)cc1. The fourth-order valence-corrected chi connectivity index (χ4v) is 8.54. The third-order valence-corrected chi connectivity index (χ3v) is 12.3. The van der Waals surface area contributed by atoms with Gasteiger partial charge in [0.15, 0.2) is 0 Å². The van der Waals surface area contributed by atoms with E-state index in [2.05, 4.69) is 118 Å². The molecule has 0 spiro atoms. The lowest BCUT2D eigenvalue weighted by Crippen LogP contribution is -2.27. The van der Waals surface area contributed by atoms with E-state index in [4.69, 9.17) is 18.9 Å². The zero-order valence-corrected chi connectivity index (χ0v) is 40.2. The van der Waals surface area contributed by atoms with Gasteiger partial charge in [-0.15, -0.1) is 0 Å². The largest absolute Gasteiger partial charge is 0.487 e. The number of hydrogen-bond acceptors (Lipinski definition) is 10. The third kappa shape index (κ3) is 15.7. The van der Waals surface area contributed by atoms with E-state index >= 15 is 0 Å². The summed E-state index contributed by atoms with van der Waals surface area (Å²) in [6, 6.07) is 68.2. The van der Waals surface area contributed by atoms with Crippen molar-refractivity contribution in [2.24, 2.45) is 0 Å². The molecule has 0 amide bonds. The fraction of sp³-hybridized carbons (Fsp3) is 0.194. The number of hydrogen-bond donors (Lipinski definition) is 2. The van der Waals surface area contributed by atoms with E-state index in [9.17, 15) is 9.59 Å². The number of benzene rings is 6. The highest BCUT2D eigenvalue weighted by molar-refractivity contribution is 5.91. The lowest BCUT2D eigenvalue weighted by Gasteiger charge is -2.22. The summed E-state index contributed by atoms with van der Waals surface area (Å²) in [6.07, 6.45) is 6.00. The summed E-state index contributed by atoms with van der Waals surface area (Å²) >= 11 is 0. The second-order valence-corrected chi connectivity index (χ2v) is 17.3. The van der Waals surface area contributed by atoms with Crippen LogP contribution in [-0.2, 0) is 32.3 Å². The Hall–Kier alpha value is -8.18. The summed E-state index contributed by atoms with van der Waals surface area (Å²) in [7, 11) is 0. The van der Waals surface area contributed by atoms with Crippen LogP contribution in [-0.4, -0.2) is 48.1 Å². The Labute approximate surface area is 422 Å². The van der Waals surface area contributed by atoms with Crippen LogP contribution in [0.15, 0.2) is 231 Å². The van der Waals surface area contributed by atoms with Gasteiger partial charge in [0.2, 0.25) is 0 Å². The van der Waals surface area contributed by atoms with Crippen molar-refractivity contribution in [3.05, 3.63) is 276 Å². The van der Waals surface area contributed by atoms with Crippen molar-refractivity contribution in [1.82, 2.24) is 20.6 Å². The lowest BCUT2D eigenvalue weighted by molar-refractivity contribution is -0.146. The Bertz CT molecular complexity index is 2560. The summed E-state index contributed by atoms with van der Waals surface area (Å²) in [5, 5.41) is 7.10. The van der Waals surface area contributed by atoms with Crippen LogP contribution in [0, 0.1) is 0 Å². The van der Waals surface area contributed by atoms with Crippen LogP contribution in [0.5, 0.6) is 11.5 Å². The molecular weight excluding hydrogens is 897 g/mol. The Kier molecular flexibility index (Phi) is 19.0. The summed E-state index contributed by atoms with van der Waals surface area (Å²) in [4.78, 5) is 35.9. The number of esters is 2. The predicted octanol–water partition coefficient (Wildman–Crippen LogP) is 11.7. The molecule has 8 rings (SSSR count). The maximum absolute atomic E-state index is 13.6. The van der Waals surface area contributed by atoms with Crippen molar-refractivity contribution in [3.8, 4) is 11.5 Å². The molecular formula is C62H60N4O6. The number of pyridine rings is 2. The second-order valence-electron chi connectivity index (χ2n) is 17.3. The predicted molar refractivity (Wildman–Crippen MR) is 281 cm³/mol. The highest BCUT2D eigenvalue weighted by Crippen LogP contribution is 2.30. The molecule has 2 atom stereocenters. The van der Waals surface area contributed by atoms with Crippen LogP contribution in [0.1, 0.15) is 81.7 Å². The summed E-state index contributed by atoms with van der Waals surface area (Å²) < 4.78 is 24.2. The molecule has 2 aromatic heterocycles. The molecule has 10 heteroatoms. The average Bonchev–Trinajstić information content (AvgIpc) is 3.44. The van der Waals surface area contributed by atoms with Gasteiger partial charge in [0.1, 0.15) is 36.9 Å². The average molecular weight is 957 g/mol. The summed E-state index contributed by atoms with van der Waals surface area (Å²) in [5.41, 5.74) is 8.06. The number of rotatable bonds is 26. The van der Waals surface area contributed by atoms with Gasteiger partial charge in [-0.1, -0.05) is 158 Å². The molecule has 2 N–H and O–H groups in total. The monoisotopic (exact) mass is 956 g/mol. The Morgan fingerprint density at radius 2 is 0.736 bits per heavy atom. The van der Waals surface area contributed by atoms with Crippen molar-refractivity contribution in [3.63, 3.8) is 0 Å². The molecule has 0 radical (unpaired) electrons. The molecule has 0 fully saturated rings. The van der Waals surface area contributed by atoms with Gasteiger partial charge in [-0.2, -0.15) is 0 Å². The number of aromatic nitrogens is 2. The molecule has 364 valence electrons. The van der Waals surface area contributed by atoms with E-state index in [1.54, 1.807) is 12.4 Å². The minimum atomic E-state index is -0.683. The standard InChI is InChI=1S/C62H60N4O6/c67-61(71-59(51-27-31-55(32-28-51)69-45-53-25-13-15-39-65-53)43-63-41-37-57(47-17-5-1-6-18-47)48-19-7-2-8-20-48)35-36-62(68)72-60(52-29-33-56(34-30-52)70-46-54-26-14-16-40-66-54)44-64-42-38-58(49-21-9-3-10-22-49)50-23-11-4-12-24-50/h1-36,39-40,57-60,63-64H,37-38,41-46H2/b36-35-. The quantitative estimate of drug-likeness (QED) is 0.0308. The molecule has 0 aliphatic heterocycles. The molecule has 0 saturated carbocycles. The van der Waals surface area contributed by atoms with E-state index in [-0.39, 0.29) is 11.8 Å². The smallest absolute Gasteiger partial charge is 0.331 e. The van der Waals surface area contributed by atoms with Crippen molar-refractivity contribution < 1.29 is 28.5 Å². The third-order valence-electron chi connectivity index (χ3n) is 12.3. The van der Waals surface area contributed by atoms with Crippen LogP contribution in [0.25, 0.3) is 0 Å². The summed E-state index contributed by atoms with van der Waals surface area (Å²) in [6.45, 7) is 2.61. The maximum Gasteiger partial charge on any atom is 0.331 e. The van der Waals surface area contributed by atoms with Gasteiger partial charge in [-0.25, -0.2) is 9.59 Å². The molecule has 2 unspecified atom stereocenters. The number of nitrogens with one attached hydrogen (secondary N) is 2. The van der Waals surface area contributed by atoms with Crippen LogP contribution in [0.2, 0.25) is 0 Å². The zero-order valence-electron chi connectivity index (χ0n) is 40.2. The Balaban J connectivity index is 0.928. The second kappa shape index (κ2) is 27.3. The first-order chi connectivity index (χ1) is 35.5. The van der Waals surface area contributed by atoms with E-state index < -0.39 is 24.1 Å². The Morgan fingerprint density at radius 3 is 1.06 bits per heavy atom. The van der Waals surface area contributed by atoms with E-state index in [0.29, 0.717) is 50.9 Å². The summed E-state index contributed by atoms with van der Waals surface area (Å²) in [5.74, 6) is 0.292. The molecule has 0 bridgehead atoms. The molecule has 72 heavy (non-hydrogen) atoms. The number of carbonyl (C=O) groups is 2. The highest BCUT2D eigenvalue weighted by atomic mass is 16.5. The van der Waals surface area contributed by atoms with Gasteiger partial charge in [0.25, 0.3) is 0 Å².